The predicted molar refractivity (Wildman–Crippen MR) is 101 cm³/mol. The summed E-state index contributed by atoms with van der Waals surface area (Å²) in [7, 11) is 0. The van der Waals surface area contributed by atoms with Crippen molar-refractivity contribution >= 4 is 17.5 Å². The Morgan fingerprint density at radius 2 is 1.96 bits per heavy atom. The molecule has 2 aromatic carbocycles. The van der Waals surface area contributed by atoms with Crippen LogP contribution in [-0.4, -0.2) is 28.4 Å². The van der Waals surface area contributed by atoms with Gasteiger partial charge >= 0.3 is 0 Å². The van der Waals surface area contributed by atoms with E-state index < -0.39 is 0 Å². The summed E-state index contributed by atoms with van der Waals surface area (Å²) in [4.78, 5) is 25.9. The molecule has 0 unspecified atom stereocenters. The second-order valence-corrected chi connectivity index (χ2v) is 6.68. The van der Waals surface area contributed by atoms with Crippen LogP contribution in [0.25, 0.3) is 11.3 Å². The number of aromatic nitrogens is 1. The summed E-state index contributed by atoms with van der Waals surface area (Å²) in [6.07, 6.45) is 0.581. The first-order chi connectivity index (χ1) is 13.5. The lowest BCUT2D eigenvalue weighted by molar-refractivity contribution is -0.114. The maximum absolute atomic E-state index is 13.2. The van der Waals surface area contributed by atoms with Crippen LogP contribution in [0.4, 0.5) is 10.1 Å². The van der Waals surface area contributed by atoms with Gasteiger partial charge in [0.25, 0.3) is 5.91 Å². The number of hydrogen-bond acceptors (Lipinski definition) is 4. The number of benzene rings is 2. The largest absolute Gasteiger partial charge is 0.356 e. The fraction of sp³-hybridized carbons (Fsp3) is 0.190. The highest BCUT2D eigenvalue weighted by atomic mass is 19.1. The third kappa shape index (κ3) is 3.51. The zero-order chi connectivity index (χ0) is 19.7. The number of carbonyl (C=O) groups is 2. The Labute approximate surface area is 160 Å². The Balaban J connectivity index is 1.58. The fourth-order valence-electron chi connectivity index (χ4n) is 3.33. The van der Waals surface area contributed by atoms with Crippen LogP contribution in [0.15, 0.2) is 53.1 Å². The van der Waals surface area contributed by atoms with Crippen molar-refractivity contribution in [2.45, 2.75) is 19.9 Å². The van der Waals surface area contributed by atoms with Gasteiger partial charge in [0, 0.05) is 42.3 Å². The highest BCUT2D eigenvalue weighted by Gasteiger charge is 2.28. The van der Waals surface area contributed by atoms with Gasteiger partial charge in [-0.15, -0.1) is 0 Å². The van der Waals surface area contributed by atoms with E-state index in [1.165, 1.54) is 19.1 Å². The third-order valence-corrected chi connectivity index (χ3v) is 4.66. The molecule has 0 spiro atoms. The molecule has 0 aliphatic carbocycles. The molecule has 0 atom stereocenters. The molecule has 2 heterocycles. The van der Waals surface area contributed by atoms with Crippen LogP contribution < -0.4 is 5.32 Å². The highest BCUT2D eigenvalue weighted by molar-refractivity contribution is 5.97. The van der Waals surface area contributed by atoms with Gasteiger partial charge in [-0.25, -0.2) is 4.39 Å². The summed E-state index contributed by atoms with van der Waals surface area (Å²) in [6.45, 7) is 2.30. The summed E-state index contributed by atoms with van der Waals surface area (Å²) in [6, 6.07) is 12.8. The van der Waals surface area contributed by atoms with Gasteiger partial charge in [-0.05, 0) is 42.5 Å². The molecule has 0 saturated carbocycles. The maximum Gasteiger partial charge on any atom is 0.254 e. The molecule has 1 aliphatic rings. The standard InChI is InChI=1S/C21H18FN3O3/c1-13(26)23-17-4-2-3-15(11-17)21(27)25-10-9-19-18(12-25)20(28-24-19)14-5-7-16(22)8-6-14/h2-8,11H,9-10,12H2,1H3,(H,23,26). The van der Waals surface area contributed by atoms with Gasteiger partial charge < -0.3 is 14.7 Å². The van der Waals surface area contributed by atoms with Crippen molar-refractivity contribution in [2.75, 3.05) is 11.9 Å². The topological polar surface area (TPSA) is 75.4 Å². The number of hydrogen-bond donors (Lipinski definition) is 1. The Morgan fingerprint density at radius 1 is 1.18 bits per heavy atom. The molecule has 1 N–H and O–H groups in total. The van der Waals surface area contributed by atoms with E-state index in [2.05, 4.69) is 10.5 Å². The molecular formula is C21H18FN3O3. The molecule has 4 rings (SSSR count). The first-order valence-electron chi connectivity index (χ1n) is 8.91. The van der Waals surface area contributed by atoms with Crippen LogP contribution in [0.1, 0.15) is 28.5 Å². The van der Waals surface area contributed by atoms with E-state index in [-0.39, 0.29) is 17.6 Å². The fourth-order valence-corrected chi connectivity index (χ4v) is 3.33. The Kier molecular flexibility index (Phi) is 4.65. The lowest BCUT2D eigenvalue weighted by Crippen LogP contribution is -2.36. The predicted octanol–water partition coefficient (Wildman–Crippen LogP) is 3.64. The molecule has 28 heavy (non-hydrogen) atoms. The molecule has 2 amide bonds. The van der Waals surface area contributed by atoms with Crippen molar-refractivity contribution in [3.63, 3.8) is 0 Å². The second-order valence-electron chi connectivity index (χ2n) is 6.68. The SMILES string of the molecule is CC(=O)Nc1cccc(C(=O)N2CCc3noc(-c4ccc(F)cc4)c3C2)c1. The van der Waals surface area contributed by atoms with Crippen molar-refractivity contribution in [3.05, 3.63) is 71.2 Å². The zero-order valence-electron chi connectivity index (χ0n) is 15.2. The van der Waals surface area contributed by atoms with Gasteiger partial charge in [0.05, 0.1) is 12.2 Å². The van der Waals surface area contributed by atoms with E-state index in [4.69, 9.17) is 4.52 Å². The molecule has 0 saturated heterocycles. The number of carbonyl (C=O) groups excluding carboxylic acids is 2. The number of fused-ring (bicyclic) bond motifs is 1. The van der Waals surface area contributed by atoms with Crippen molar-refractivity contribution in [1.29, 1.82) is 0 Å². The van der Waals surface area contributed by atoms with Gasteiger partial charge in [0.1, 0.15) is 5.82 Å². The van der Waals surface area contributed by atoms with Crippen LogP contribution in [0.5, 0.6) is 0 Å². The van der Waals surface area contributed by atoms with Crippen LogP contribution in [0, 0.1) is 5.82 Å². The summed E-state index contributed by atoms with van der Waals surface area (Å²) in [5.74, 6) is -0.0998. The minimum Gasteiger partial charge on any atom is -0.356 e. The van der Waals surface area contributed by atoms with Gasteiger partial charge in [0.15, 0.2) is 5.76 Å². The Hall–Kier alpha value is -3.48. The molecule has 1 aromatic heterocycles. The number of nitrogens with one attached hydrogen (secondary N) is 1. The monoisotopic (exact) mass is 379 g/mol. The Bertz CT molecular complexity index is 1040. The third-order valence-electron chi connectivity index (χ3n) is 4.66. The number of nitrogens with zero attached hydrogens (tertiary/aromatic N) is 2. The number of rotatable bonds is 3. The molecule has 3 aromatic rings. The number of amides is 2. The number of halogens is 1. The first kappa shape index (κ1) is 17.9. The molecular weight excluding hydrogens is 361 g/mol. The Morgan fingerprint density at radius 3 is 2.71 bits per heavy atom. The summed E-state index contributed by atoms with van der Waals surface area (Å²) >= 11 is 0. The van der Waals surface area contributed by atoms with Crippen LogP contribution in [0.3, 0.4) is 0 Å². The van der Waals surface area contributed by atoms with Crippen molar-refractivity contribution < 1.29 is 18.5 Å². The summed E-state index contributed by atoms with van der Waals surface area (Å²) < 4.78 is 18.7. The summed E-state index contributed by atoms with van der Waals surface area (Å²) in [5, 5.41) is 6.80. The van der Waals surface area contributed by atoms with E-state index in [0.29, 0.717) is 36.5 Å². The highest BCUT2D eigenvalue weighted by Crippen LogP contribution is 2.31. The minimum atomic E-state index is -0.326. The first-order valence-corrected chi connectivity index (χ1v) is 8.91. The molecule has 7 heteroatoms. The number of anilines is 1. The average molecular weight is 379 g/mol. The molecule has 142 valence electrons. The molecule has 0 bridgehead atoms. The van der Waals surface area contributed by atoms with Gasteiger partial charge in [-0.3, -0.25) is 9.59 Å². The minimum absolute atomic E-state index is 0.135. The van der Waals surface area contributed by atoms with Gasteiger partial charge in [-0.1, -0.05) is 11.2 Å². The van der Waals surface area contributed by atoms with Crippen molar-refractivity contribution in [1.82, 2.24) is 10.1 Å². The van der Waals surface area contributed by atoms with Crippen LogP contribution in [0.2, 0.25) is 0 Å². The summed E-state index contributed by atoms with van der Waals surface area (Å²) in [5.41, 5.74) is 3.44. The van der Waals surface area contributed by atoms with Crippen molar-refractivity contribution in [3.8, 4) is 11.3 Å². The van der Waals surface area contributed by atoms with Crippen LogP contribution >= 0.6 is 0 Å². The van der Waals surface area contributed by atoms with Gasteiger partial charge in [0.2, 0.25) is 5.91 Å². The van der Waals surface area contributed by atoms with E-state index in [1.54, 1.807) is 41.3 Å². The quantitative estimate of drug-likeness (QED) is 0.754. The van der Waals surface area contributed by atoms with Crippen molar-refractivity contribution in [2.24, 2.45) is 0 Å². The van der Waals surface area contributed by atoms with E-state index >= 15 is 0 Å². The zero-order valence-corrected chi connectivity index (χ0v) is 15.2. The molecule has 6 nitrogen and oxygen atoms in total. The average Bonchev–Trinajstić information content (AvgIpc) is 3.11. The van der Waals surface area contributed by atoms with Gasteiger partial charge in [-0.2, -0.15) is 0 Å². The lowest BCUT2D eigenvalue weighted by Gasteiger charge is -2.26. The van der Waals surface area contributed by atoms with Crippen LogP contribution in [-0.2, 0) is 17.8 Å². The molecule has 0 radical (unpaired) electrons. The molecule has 1 aliphatic heterocycles. The maximum atomic E-state index is 13.2. The molecule has 0 fully saturated rings. The smallest absolute Gasteiger partial charge is 0.254 e. The van der Waals surface area contributed by atoms with E-state index in [1.807, 2.05) is 0 Å². The van der Waals surface area contributed by atoms with E-state index in [9.17, 15) is 14.0 Å². The normalized spacial score (nSPS) is 13.1. The second kappa shape index (κ2) is 7.26. The van der Waals surface area contributed by atoms with E-state index in [0.717, 1.165) is 16.8 Å². The lowest BCUT2D eigenvalue weighted by atomic mass is 10.0.